The first-order chi connectivity index (χ1) is 23.1. The van der Waals surface area contributed by atoms with Crippen molar-refractivity contribution in [1.29, 1.82) is 0 Å². The third kappa shape index (κ3) is 3.84. The lowest BCUT2D eigenvalue weighted by Crippen LogP contribution is -2.50. The van der Waals surface area contributed by atoms with Crippen molar-refractivity contribution in [2.75, 3.05) is 0 Å². The van der Waals surface area contributed by atoms with Gasteiger partial charge in [-0.05, 0) is 52.3 Å². The van der Waals surface area contributed by atoms with Gasteiger partial charge < -0.3 is 4.57 Å². The van der Waals surface area contributed by atoms with Crippen molar-refractivity contribution in [1.82, 2.24) is 14.5 Å². The van der Waals surface area contributed by atoms with Gasteiger partial charge in [0.05, 0.1) is 22.4 Å². The van der Waals surface area contributed by atoms with Crippen LogP contribution < -0.4 is 10.4 Å². The molecule has 5 heteroatoms. The molecule has 1 aliphatic rings. The van der Waals surface area contributed by atoms with Crippen LogP contribution in [0.4, 0.5) is 0 Å². The molecule has 6 aromatic carbocycles. The fraction of sp³-hybridized carbons (Fsp3) is 0.0476. The summed E-state index contributed by atoms with van der Waals surface area (Å²) >= 11 is 1.87. The van der Waals surface area contributed by atoms with Crippen LogP contribution in [-0.2, 0) is 0 Å². The smallest absolute Gasteiger partial charge is 0.160 e. The van der Waals surface area contributed by atoms with Crippen molar-refractivity contribution >= 4 is 71.8 Å². The molecule has 3 aromatic heterocycles. The summed E-state index contributed by atoms with van der Waals surface area (Å²) < 4.78 is 5.06. The van der Waals surface area contributed by atoms with Gasteiger partial charge in [0.15, 0.2) is 5.82 Å². The van der Waals surface area contributed by atoms with E-state index >= 15 is 0 Å². The summed E-state index contributed by atoms with van der Waals surface area (Å²) in [5, 5.41) is 7.92. The number of para-hydroxylation sites is 1. The maximum atomic E-state index is 5.39. The Morgan fingerprint density at radius 2 is 1.26 bits per heavy atom. The molecule has 1 aliphatic heterocycles. The molecule has 0 fully saturated rings. The Morgan fingerprint density at radius 1 is 0.532 bits per heavy atom. The Bertz CT molecular complexity index is 2720. The second kappa shape index (κ2) is 9.82. The summed E-state index contributed by atoms with van der Waals surface area (Å²) in [6.07, 6.45) is 0. The molecule has 10 rings (SSSR count). The van der Waals surface area contributed by atoms with Crippen LogP contribution in [0.3, 0.4) is 0 Å². The minimum absolute atomic E-state index is 0.762. The quantitative estimate of drug-likeness (QED) is 0.181. The average molecular weight is 636 g/mol. The van der Waals surface area contributed by atoms with Crippen LogP contribution >= 0.6 is 11.3 Å². The van der Waals surface area contributed by atoms with Gasteiger partial charge in [0.25, 0.3) is 0 Å². The highest BCUT2D eigenvalue weighted by Crippen LogP contribution is 2.41. The third-order valence-electron chi connectivity index (χ3n) is 9.97. The number of rotatable bonds is 3. The van der Waals surface area contributed by atoms with Crippen LogP contribution in [0.5, 0.6) is 0 Å². The molecule has 0 N–H and O–H groups in total. The van der Waals surface area contributed by atoms with Crippen molar-refractivity contribution in [2.24, 2.45) is 0 Å². The van der Waals surface area contributed by atoms with Crippen LogP contribution in [0.25, 0.3) is 81.6 Å². The molecule has 0 bridgehead atoms. The summed E-state index contributed by atoms with van der Waals surface area (Å²) in [5.41, 5.74) is 9.08. The van der Waals surface area contributed by atoms with Gasteiger partial charge in [0.1, 0.15) is 8.07 Å². The SMILES string of the molecule is C[Si]1(C)c2ccccc2-c2nc(-c3cccc(-n4c5ccccc5c5cc6sc7ccccc7c6cc54)c3)nc(-c3ccccc3)c21. The molecule has 0 saturated heterocycles. The zero-order valence-corrected chi connectivity index (χ0v) is 27.8. The monoisotopic (exact) mass is 635 g/mol. The van der Waals surface area contributed by atoms with Crippen molar-refractivity contribution in [3.05, 3.63) is 140 Å². The van der Waals surface area contributed by atoms with Gasteiger partial charge in [-0.2, -0.15) is 0 Å². The van der Waals surface area contributed by atoms with E-state index in [2.05, 4.69) is 157 Å². The molecule has 0 saturated carbocycles. The van der Waals surface area contributed by atoms with E-state index in [0.29, 0.717) is 0 Å². The number of hydrogen-bond acceptors (Lipinski definition) is 3. The van der Waals surface area contributed by atoms with Gasteiger partial charge in [-0.25, -0.2) is 9.97 Å². The second-order valence-corrected chi connectivity index (χ2v) is 18.4. The Hall–Kier alpha value is -5.36. The molecule has 0 amide bonds. The molecule has 0 spiro atoms. The lowest BCUT2D eigenvalue weighted by Gasteiger charge is -2.21. The number of thiophene rings is 1. The van der Waals surface area contributed by atoms with Crippen molar-refractivity contribution in [3.8, 4) is 39.6 Å². The maximum absolute atomic E-state index is 5.39. The zero-order chi connectivity index (χ0) is 31.3. The van der Waals surface area contributed by atoms with Gasteiger partial charge in [-0.3, -0.25) is 0 Å². The highest BCUT2D eigenvalue weighted by atomic mass is 32.1. The molecule has 0 aliphatic carbocycles. The topological polar surface area (TPSA) is 30.7 Å². The van der Waals surface area contributed by atoms with E-state index in [1.54, 1.807) is 0 Å². The number of nitrogens with zero attached hydrogens (tertiary/aromatic N) is 3. The van der Waals surface area contributed by atoms with Gasteiger partial charge in [-0.15, -0.1) is 11.3 Å². The first-order valence-electron chi connectivity index (χ1n) is 16.1. The van der Waals surface area contributed by atoms with Crippen LogP contribution in [0.1, 0.15) is 0 Å². The molecular weight excluding hydrogens is 607 g/mol. The number of fused-ring (bicyclic) bond motifs is 9. The van der Waals surface area contributed by atoms with Crippen LogP contribution in [-0.4, -0.2) is 22.6 Å². The molecule has 0 atom stereocenters. The summed E-state index contributed by atoms with van der Waals surface area (Å²) in [4.78, 5) is 10.8. The summed E-state index contributed by atoms with van der Waals surface area (Å²) in [6, 6.07) is 50.5. The lowest BCUT2D eigenvalue weighted by molar-refractivity contribution is 1.16. The van der Waals surface area contributed by atoms with Gasteiger partial charge in [-0.1, -0.05) is 116 Å². The molecule has 0 radical (unpaired) electrons. The predicted molar refractivity (Wildman–Crippen MR) is 202 cm³/mol. The molecule has 47 heavy (non-hydrogen) atoms. The Kier molecular flexibility index (Phi) is 5.60. The highest BCUT2D eigenvalue weighted by Gasteiger charge is 2.41. The fourth-order valence-corrected chi connectivity index (χ4v) is 12.2. The molecule has 0 unspecified atom stereocenters. The van der Waals surface area contributed by atoms with E-state index in [4.69, 9.17) is 9.97 Å². The molecule has 3 nitrogen and oxygen atoms in total. The standard InChI is InChI=1S/C42H29N3SSi/c1-47(2)38-22-11-8-19-31(38)40-41(47)39(26-13-4-3-5-14-26)43-42(44-40)27-15-12-16-28(23-27)45-34-20-9-6-17-29(34)32-25-37-33(24-35(32)45)30-18-7-10-21-36(30)46-37/h3-25H,1-2H3. The van der Waals surface area contributed by atoms with Crippen LogP contribution in [0, 0.1) is 0 Å². The third-order valence-corrected chi connectivity index (χ3v) is 14.6. The first-order valence-corrected chi connectivity index (χ1v) is 19.9. The number of hydrogen-bond donors (Lipinski definition) is 0. The predicted octanol–water partition coefficient (Wildman–Crippen LogP) is 10.1. The van der Waals surface area contributed by atoms with Crippen molar-refractivity contribution in [2.45, 2.75) is 13.1 Å². The van der Waals surface area contributed by atoms with E-state index in [0.717, 1.165) is 34.0 Å². The minimum atomic E-state index is -2.01. The Morgan fingerprint density at radius 3 is 2.15 bits per heavy atom. The second-order valence-electron chi connectivity index (χ2n) is 13.0. The Balaban J connectivity index is 1.23. The summed E-state index contributed by atoms with van der Waals surface area (Å²) in [7, 11) is -2.01. The average Bonchev–Trinajstić information content (AvgIpc) is 3.72. The van der Waals surface area contributed by atoms with Crippen molar-refractivity contribution < 1.29 is 0 Å². The number of aromatic nitrogens is 3. The summed E-state index contributed by atoms with van der Waals surface area (Å²) in [5.74, 6) is 0.762. The van der Waals surface area contributed by atoms with E-state index in [9.17, 15) is 0 Å². The summed E-state index contributed by atoms with van der Waals surface area (Å²) in [6.45, 7) is 4.87. The van der Waals surface area contributed by atoms with Gasteiger partial charge in [0, 0.05) is 47.8 Å². The van der Waals surface area contributed by atoms with Crippen molar-refractivity contribution in [3.63, 3.8) is 0 Å². The maximum Gasteiger partial charge on any atom is 0.160 e. The van der Waals surface area contributed by atoms with Gasteiger partial charge in [0.2, 0.25) is 0 Å². The Labute approximate surface area is 277 Å². The van der Waals surface area contributed by atoms with E-state index < -0.39 is 8.07 Å². The molecule has 222 valence electrons. The molecule has 4 heterocycles. The van der Waals surface area contributed by atoms with E-state index in [-0.39, 0.29) is 0 Å². The van der Waals surface area contributed by atoms with Crippen LogP contribution in [0.2, 0.25) is 13.1 Å². The minimum Gasteiger partial charge on any atom is -0.309 e. The van der Waals surface area contributed by atoms with Gasteiger partial charge >= 0.3 is 0 Å². The highest BCUT2D eigenvalue weighted by molar-refractivity contribution is 7.25. The fourth-order valence-electron chi connectivity index (χ4n) is 7.80. The first kappa shape index (κ1) is 26.8. The van der Waals surface area contributed by atoms with E-state index in [1.165, 1.54) is 57.9 Å². The zero-order valence-electron chi connectivity index (χ0n) is 26.0. The largest absolute Gasteiger partial charge is 0.309 e. The normalized spacial score (nSPS) is 13.5. The number of benzene rings is 6. The van der Waals surface area contributed by atoms with Crippen LogP contribution in [0.15, 0.2) is 140 Å². The molecular formula is C42H29N3SSi. The lowest BCUT2D eigenvalue weighted by atomic mass is 10.1. The molecule has 9 aromatic rings. The van der Waals surface area contributed by atoms with E-state index in [1.807, 2.05) is 11.3 Å².